The van der Waals surface area contributed by atoms with Crippen LogP contribution < -0.4 is 5.32 Å². The summed E-state index contributed by atoms with van der Waals surface area (Å²) in [6, 6.07) is 1.72. The van der Waals surface area contributed by atoms with Gasteiger partial charge in [0.25, 0.3) is 0 Å². The lowest BCUT2D eigenvalue weighted by atomic mass is 10.2. The van der Waals surface area contributed by atoms with Crippen LogP contribution >= 0.6 is 0 Å². The third kappa shape index (κ3) is 4.04. The van der Waals surface area contributed by atoms with Crippen LogP contribution in [0.25, 0.3) is 0 Å². The van der Waals surface area contributed by atoms with E-state index < -0.39 is 0 Å². The van der Waals surface area contributed by atoms with E-state index in [9.17, 15) is 0 Å². The Morgan fingerprint density at radius 3 is 2.81 bits per heavy atom. The number of hydrogen-bond acceptors (Lipinski definition) is 3. The predicted octanol–water partition coefficient (Wildman–Crippen LogP) is 1.63. The van der Waals surface area contributed by atoms with Gasteiger partial charge in [-0.3, -0.25) is 4.90 Å². The molecule has 1 saturated carbocycles. The number of methoxy groups -OCH3 is 1. The summed E-state index contributed by atoms with van der Waals surface area (Å²) in [4.78, 5) is 2.67. The molecule has 0 bridgehead atoms. The maximum Gasteiger partial charge on any atom is 0.0462 e. The van der Waals surface area contributed by atoms with Gasteiger partial charge >= 0.3 is 0 Å². The average molecular weight is 226 g/mol. The van der Waals surface area contributed by atoms with Crippen molar-refractivity contribution in [2.45, 2.75) is 50.6 Å². The summed E-state index contributed by atoms with van der Waals surface area (Å²) >= 11 is 0. The number of ether oxygens (including phenoxy) is 1. The Balaban J connectivity index is 1.44. The molecule has 1 N–H and O–H groups in total. The molecule has 94 valence electrons. The maximum atomic E-state index is 5.04. The summed E-state index contributed by atoms with van der Waals surface area (Å²) in [7, 11) is 1.78. The largest absolute Gasteiger partial charge is 0.385 e. The molecule has 0 amide bonds. The number of hydrogen-bond donors (Lipinski definition) is 1. The minimum absolute atomic E-state index is 0.767. The van der Waals surface area contributed by atoms with Gasteiger partial charge < -0.3 is 10.1 Å². The monoisotopic (exact) mass is 226 g/mol. The number of unbranched alkanes of at least 4 members (excludes halogenated alkanes) is 2. The zero-order valence-electron chi connectivity index (χ0n) is 10.6. The topological polar surface area (TPSA) is 24.5 Å². The van der Waals surface area contributed by atoms with Crippen LogP contribution in [-0.2, 0) is 4.74 Å². The summed E-state index contributed by atoms with van der Waals surface area (Å²) in [6.45, 7) is 4.72. The number of rotatable bonds is 8. The van der Waals surface area contributed by atoms with Crippen LogP contribution in [0.4, 0.5) is 0 Å². The third-order valence-electron chi connectivity index (χ3n) is 3.74. The molecular formula is C13H26N2O. The first-order chi connectivity index (χ1) is 7.90. The van der Waals surface area contributed by atoms with Crippen LogP contribution in [0.15, 0.2) is 0 Å². The van der Waals surface area contributed by atoms with E-state index in [1.165, 1.54) is 58.2 Å². The second-order valence-electron chi connectivity index (χ2n) is 5.22. The minimum Gasteiger partial charge on any atom is -0.385 e. The van der Waals surface area contributed by atoms with Crippen LogP contribution in [0.2, 0.25) is 0 Å². The summed E-state index contributed by atoms with van der Waals surface area (Å²) in [6.07, 6.45) is 8.04. The highest BCUT2D eigenvalue weighted by atomic mass is 16.5. The minimum atomic E-state index is 0.767. The van der Waals surface area contributed by atoms with E-state index >= 15 is 0 Å². The number of nitrogens with zero attached hydrogens (tertiary/aromatic N) is 1. The Morgan fingerprint density at radius 2 is 2.06 bits per heavy atom. The van der Waals surface area contributed by atoms with Gasteiger partial charge in [-0.1, -0.05) is 0 Å². The number of likely N-dealkylation sites (tertiary alicyclic amines) is 1. The van der Waals surface area contributed by atoms with Gasteiger partial charge in [0.05, 0.1) is 0 Å². The van der Waals surface area contributed by atoms with Gasteiger partial charge in [0, 0.05) is 38.9 Å². The van der Waals surface area contributed by atoms with Crippen molar-refractivity contribution in [3.8, 4) is 0 Å². The molecule has 1 saturated heterocycles. The van der Waals surface area contributed by atoms with E-state index in [0.717, 1.165) is 18.7 Å². The SMILES string of the molecule is COCCCCCNC1CCN(C2CC2)C1. The zero-order valence-corrected chi connectivity index (χ0v) is 10.6. The van der Waals surface area contributed by atoms with Gasteiger partial charge in [-0.25, -0.2) is 0 Å². The second kappa shape index (κ2) is 6.58. The van der Waals surface area contributed by atoms with Gasteiger partial charge in [-0.2, -0.15) is 0 Å². The Hall–Kier alpha value is -0.120. The molecule has 3 heteroatoms. The summed E-state index contributed by atoms with van der Waals surface area (Å²) < 4.78 is 5.04. The van der Waals surface area contributed by atoms with Crippen molar-refractivity contribution in [1.29, 1.82) is 0 Å². The van der Waals surface area contributed by atoms with E-state index in [4.69, 9.17) is 4.74 Å². The normalized spacial score (nSPS) is 26.4. The van der Waals surface area contributed by atoms with Gasteiger partial charge in [0.1, 0.15) is 0 Å². The first-order valence-electron chi connectivity index (χ1n) is 6.86. The molecule has 2 fully saturated rings. The predicted molar refractivity (Wildman–Crippen MR) is 66.7 cm³/mol. The lowest BCUT2D eigenvalue weighted by Gasteiger charge is -2.15. The Morgan fingerprint density at radius 1 is 1.19 bits per heavy atom. The Labute approximate surface area is 99.5 Å². The highest BCUT2D eigenvalue weighted by Gasteiger charge is 2.33. The van der Waals surface area contributed by atoms with E-state index in [1.807, 2.05) is 0 Å². The molecular weight excluding hydrogens is 200 g/mol. The fraction of sp³-hybridized carbons (Fsp3) is 1.00. The number of nitrogens with one attached hydrogen (secondary N) is 1. The molecule has 0 radical (unpaired) electrons. The molecule has 2 rings (SSSR count). The van der Waals surface area contributed by atoms with Crippen molar-refractivity contribution in [2.75, 3.05) is 33.4 Å². The van der Waals surface area contributed by atoms with E-state index in [0.29, 0.717) is 0 Å². The lowest BCUT2D eigenvalue weighted by Crippen LogP contribution is -2.33. The third-order valence-corrected chi connectivity index (χ3v) is 3.74. The molecule has 1 aliphatic heterocycles. The zero-order chi connectivity index (χ0) is 11.2. The molecule has 0 spiro atoms. The highest BCUT2D eigenvalue weighted by Crippen LogP contribution is 2.29. The smallest absolute Gasteiger partial charge is 0.0462 e. The quantitative estimate of drug-likeness (QED) is 0.637. The van der Waals surface area contributed by atoms with Crippen LogP contribution in [-0.4, -0.2) is 50.3 Å². The fourth-order valence-electron chi connectivity index (χ4n) is 2.58. The van der Waals surface area contributed by atoms with Gasteiger partial charge in [-0.15, -0.1) is 0 Å². The molecule has 3 nitrogen and oxygen atoms in total. The standard InChI is InChI=1S/C13H26N2O/c1-16-10-4-2-3-8-14-12-7-9-15(11-12)13-5-6-13/h12-14H,2-11H2,1H3. The Bertz CT molecular complexity index is 194. The van der Waals surface area contributed by atoms with Crippen LogP contribution in [0.5, 0.6) is 0 Å². The first kappa shape index (κ1) is 12.3. The summed E-state index contributed by atoms with van der Waals surface area (Å²) in [5, 5.41) is 3.69. The fourth-order valence-corrected chi connectivity index (χ4v) is 2.58. The lowest BCUT2D eigenvalue weighted by molar-refractivity contribution is 0.192. The van der Waals surface area contributed by atoms with Gasteiger partial charge in [0.2, 0.25) is 0 Å². The summed E-state index contributed by atoms with van der Waals surface area (Å²) in [5.41, 5.74) is 0. The average Bonchev–Trinajstić information content (AvgIpc) is 3.04. The van der Waals surface area contributed by atoms with E-state index in [2.05, 4.69) is 10.2 Å². The van der Waals surface area contributed by atoms with Crippen molar-refractivity contribution in [2.24, 2.45) is 0 Å². The van der Waals surface area contributed by atoms with Crippen LogP contribution in [0.1, 0.15) is 38.5 Å². The summed E-state index contributed by atoms with van der Waals surface area (Å²) in [5.74, 6) is 0. The van der Waals surface area contributed by atoms with Crippen molar-refractivity contribution in [3.05, 3.63) is 0 Å². The van der Waals surface area contributed by atoms with Crippen molar-refractivity contribution >= 4 is 0 Å². The van der Waals surface area contributed by atoms with Crippen molar-refractivity contribution < 1.29 is 4.74 Å². The molecule has 2 aliphatic rings. The van der Waals surface area contributed by atoms with E-state index in [1.54, 1.807) is 7.11 Å². The first-order valence-corrected chi connectivity index (χ1v) is 6.86. The Kier molecular flexibility index (Phi) is 5.07. The van der Waals surface area contributed by atoms with Crippen LogP contribution in [0.3, 0.4) is 0 Å². The van der Waals surface area contributed by atoms with Crippen LogP contribution in [0, 0.1) is 0 Å². The molecule has 1 heterocycles. The van der Waals surface area contributed by atoms with Crippen molar-refractivity contribution in [1.82, 2.24) is 10.2 Å². The van der Waals surface area contributed by atoms with Gasteiger partial charge in [0.15, 0.2) is 0 Å². The second-order valence-corrected chi connectivity index (χ2v) is 5.22. The molecule has 0 aromatic heterocycles. The molecule has 1 atom stereocenters. The molecule has 16 heavy (non-hydrogen) atoms. The molecule has 1 aliphatic carbocycles. The molecule has 1 unspecified atom stereocenters. The molecule has 0 aromatic carbocycles. The van der Waals surface area contributed by atoms with Crippen molar-refractivity contribution in [3.63, 3.8) is 0 Å². The highest BCUT2D eigenvalue weighted by molar-refractivity contribution is 4.91. The molecule has 0 aromatic rings. The van der Waals surface area contributed by atoms with E-state index in [-0.39, 0.29) is 0 Å². The maximum absolute atomic E-state index is 5.04. The van der Waals surface area contributed by atoms with Gasteiger partial charge in [-0.05, 0) is 45.1 Å².